The van der Waals surface area contributed by atoms with Crippen LogP contribution in [-0.4, -0.2) is 16.5 Å². The van der Waals surface area contributed by atoms with E-state index in [0.29, 0.717) is 5.11 Å². The maximum atomic E-state index is 5.82. The monoisotopic (exact) mass is 491 g/mol. The summed E-state index contributed by atoms with van der Waals surface area (Å²) in [5.74, 6) is 0.867. The molecule has 3 nitrogen and oxygen atoms in total. The Labute approximate surface area is 198 Å². The summed E-state index contributed by atoms with van der Waals surface area (Å²) in [4.78, 5) is 7.05. The number of benzene rings is 3. The van der Waals surface area contributed by atoms with E-state index in [4.69, 9.17) is 17.2 Å². The molecule has 0 fully saturated rings. The molecule has 0 amide bonds. The molecule has 0 saturated heterocycles. The van der Waals surface area contributed by atoms with Crippen LogP contribution >= 0.6 is 28.1 Å². The minimum atomic E-state index is -0.467. The molecule has 0 spiro atoms. The Morgan fingerprint density at radius 2 is 1.65 bits per heavy atom. The van der Waals surface area contributed by atoms with Crippen molar-refractivity contribution in [1.29, 1.82) is 0 Å². The molecule has 31 heavy (non-hydrogen) atoms. The summed E-state index contributed by atoms with van der Waals surface area (Å²) in [5, 5.41) is 4.22. The molecule has 0 bridgehead atoms. The molecule has 1 atom stereocenters. The van der Waals surface area contributed by atoms with Crippen molar-refractivity contribution in [2.75, 3.05) is 10.2 Å². The first kappa shape index (κ1) is 21.7. The van der Waals surface area contributed by atoms with Gasteiger partial charge in [0.1, 0.15) is 11.4 Å². The Hall–Kier alpha value is -2.50. The summed E-state index contributed by atoms with van der Waals surface area (Å²) >= 11 is 9.58. The first-order chi connectivity index (χ1) is 14.8. The number of aryl methyl sites for hydroxylation is 3. The van der Waals surface area contributed by atoms with Crippen molar-refractivity contribution in [2.45, 2.75) is 39.7 Å². The molecule has 1 heterocycles. The highest BCUT2D eigenvalue weighted by atomic mass is 79.9. The summed E-state index contributed by atoms with van der Waals surface area (Å²) in [6.45, 7) is 8.54. The van der Waals surface area contributed by atoms with Crippen LogP contribution in [-0.2, 0) is 6.42 Å². The lowest BCUT2D eigenvalue weighted by Crippen LogP contribution is -2.53. The van der Waals surface area contributed by atoms with Crippen molar-refractivity contribution in [1.82, 2.24) is 0 Å². The van der Waals surface area contributed by atoms with E-state index >= 15 is 0 Å². The first-order valence-corrected chi connectivity index (χ1v) is 11.6. The number of para-hydroxylation sites is 1. The van der Waals surface area contributed by atoms with Gasteiger partial charge >= 0.3 is 0 Å². The lowest BCUT2D eigenvalue weighted by atomic mass is 9.89. The molecule has 158 valence electrons. The number of rotatable bonds is 4. The summed E-state index contributed by atoms with van der Waals surface area (Å²) in [6, 6.07) is 23.2. The standard InChI is InChI=1S/C26H26BrN3S/c1-17-13-14-22(21(27)15-17)30-25(31)29-24(28-23-18(2)9-8-10-19(23)3)26(30,4)16-20-11-6-5-7-12-20/h5-15H,16H2,1-4H3,(H,28,29,31)/t26-/m0/s1. The molecule has 1 aliphatic heterocycles. The first-order valence-electron chi connectivity index (χ1n) is 10.4. The molecule has 0 saturated carbocycles. The van der Waals surface area contributed by atoms with Gasteiger partial charge in [0.2, 0.25) is 5.11 Å². The largest absolute Gasteiger partial charge is 0.341 e. The summed E-state index contributed by atoms with van der Waals surface area (Å²) in [5.41, 5.74) is 6.45. The van der Waals surface area contributed by atoms with E-state index in [1.807, 2.05) is 6.07 Å². The number of anilines is 2. The van der Waals surface area contributed by atoms with E-state index in [0.717, 1.165) is 28.1 Å². The van der Waals surface area contributed by atoms with Crippen LogP contribution in [0, 0.1) is 20.8 Å². The second-order valence-corrected chi connectivity index (χ2v) is 9.58. The third-order valence-corrected chi connectivity index (χ3v) is 6.77. The van der Waals surface area contributed by atoms with E-state index in [1.165, 1.54) is 22.3 Å². The van der Waals surface area contributed by atoms with Gasteiger partial charge in [-0.25, -0.2) is 4.99 Å². The minimum absolute atomic E-state index is 0.467. The minimum Gasteiger partial charge on any atom is -0.341 e. The van der Waals surface area contributed by atoms with Crippen molar-refractivity contribution >= 4 is 50.5 Å². The maximum Gasteiger partial charge on any atom is 0.202 e. The molecule has 0 aliphatic carbocycles. The summed E-state index contributed by atoms with van der Waals surface area (Å²) in [7, 11) is 0. The summed E-state index contributed by atoms with van der Waals surface area (Å²) in [6.07, 6.45) is 0.769. The van der Waals surface area contributed by atoms with E-state index in [9.17, 15) is 0 Å². The van der Waals surface area contributed by atoms with Crippen LogP contribution in [0.4, 0.5) is 11.4 Å². The molecule has 3 aromatic carbocycles. The third-order valence-electron chi connectivity index (χ3n) is 5.86. The highest BCUT2D eigenvalue weighted by Crippen LogP contribution is 2.39. The topological polar surface area (TPSA) is 27.6 Å². The molecule has 1 aliphatic rings. The normalized spacial score (nSPS) is 18.3. The molecular formula is C26H26BrN3S. The van der Waals surface area contributed by atoms with Crippen LogP contribution in [0.3, 0.4) is 0 Å². The van der Waals surface area contributed by atoms with Crippen molar-refractivity contribution < 1.29 is 0 Å². The Morgan fingerprint density at radius 3 is 2.29 bits per heavy atom. The number of hydrogen-bond donors (Lipinski definition) is 1. The van der Waals surface area contributed by atoms with E-state index in [-0.39, 0.29) is 0 Å². The fourth-order valence-corrected chi connectivity index (χ4v) is 5.26. The van der Waals surface area contributed by atoms with Gasteiger partial charge in [-0.15, -0.1) is 0 Å². The number of hydrogen-bond acceptors (Lipinski definition) is 2. The SMILES string of the molecule is Cc1ccc(N2C(=S)N=C(Nc3c(C)cccc3C)[C@]2(C)Cc2ccccc2)c(Br)c1. The second kappa shape index (κ2) is 8.56. The smallest absolute Gasteiger partial charge is 0.202 e. The van der Waals surface area contributed by atoms with Crippen molar-refractivity contribution in [3.63, 3.8) is 0 Å². The van der Waals surface area contributed by atoms with Crippen LogP contribution in [0.15, 0.2) is 76.2 Å². The number of nitrogens with one attached hydrogen (secondary N) is 1. The molecule has 5 heteroatoms. The molecule has 0 radical (unpaired) electrons. The number of halogens is 1. The lowest BCUT2D eigenvalue weighted by Gasteiger charge is -2.38. The van der Waals surface area contributed by atoms with Gasteiger partial charge in [-0.1, -0.05) is 54.6 Å². The second-order valence-electron chi connectivity index (χ2n) is 8.36. The molecule has 0 aromatic heterocycles. The Morgan fingerprint density at radius 1 is 0.968 bits per heavy atom. The van der Waals surface area contributed by atoms with Crippen LogP contribution in [0.25, 0.3) is 0 Å². The zero-order chi connectivity index (χ0) is 22.2. The number of nitrogens with zero attached hydrogens (tertiary/aromatic N) is 2. The van der Waals surface area contributed by atoms with Gasteiger partial charge in [0.25, 0.3) is 0 Å². The predicted octanol–water partition coefficient (Wildman–Crippen LogP) is 6.99. The average Bonchev–Trinajstić information content (AvgIpc) is 2.95. The van der Waals surface area contributed by atoms with Gasteiger partial charge in [-0.05, 0) is 90.2 Å². The molecule has 3 aromatic rings. The number of aliphatic imine (C=N–C) groups is 1. The maximum absolute atomic E-state index is 5.82. The average molecular weight is 492 g/mol. The fourth-order valence-electron chi connectivity index (χ4n) is 4.19. The van der Waals surface area contributed by atoms with Gasteiger partial charge in [-0.3, -0.25) is 0 Å². The molecule has 0 unspecified atom stereocenters. The van der Waals surface area contributed by atoms with Crippen LogP contribution in [0.5, 0.6) is 0 Å². The summed E-state index contributed by atoms with van der Waals surface area (Å²) < 4.78 is 1.01. The Balaban J connectivity index is 1.82. The van der Waals surface area contributed by atoms with Gasteiger partial charge in [-0.2, -0.15) is 0 Å². The molecule has 4 rings (SSSR count). The van der Waals surface area contributed by atoms with E-state index < -0.39 is 5.54 Å². The van der Waals surface area contributed by atoms with Crippen LogP contribution < -0.4 is 10.2 Å². The number of amidine groups is 1. The van der Waals surface area contributed by atoms with Crippen molar-refractivity contribution in [3.8, 4) is 0 Å². The highest BCUT2D eigenvalue weighted by molar-refractivity contribution is 9.10. The lowest BCUT2D eigenvalue weighted by molar-refractivity contribution is 0.625. The van der Waals surface area contributed by atoms with Crippen LogP contribution in [0.1, 0.15) is 29.2 Å². The van der Waals surface area contributed by atoms with Gasteiger partial charge < -0.3 is 10.2 Å². The predicted molar refractivity (Wildman–Crippen MR) is 139 cm³/mol. The molecular weight excluding hydrogens is 466 g/mol. The quantitative estimate of drug-likeness (QED) is 0.398. The van der Waals surface area contributed by atoms with Crippen molar-refractivity contribution in [2.24, 2.45) is 4.99 Å². The van der Waals surface area contributed by atoms with Crippen molar-refractivity contribution in [3.05, 3.63) is 93.5 Å². The van der Waals surface area contributed by atoms with Crippen LogP contribution in [0.2, 0.25) is 0 Å². The van der Waals surface area contributed by atoms with E-state index in [2.05, 4.69) is 115 Å². The van der Waals surface area contributed by atoms with Gasteiger partial charge in [0, 0.05) is 16.6 Å². The van der Waals surface area contributed by atoms with Gasteiger partial charge in [0.05, 0.1) is 5.69 Å². The zero-order valence-electron chi connectivity index (χ0n) is 18.2. The zero-order valence-corrected chi connectivity index (χ0v) is 20.6. The Bertz CT molecular complexity index is 1150. The third kappa shape index (κ3) is 4.17. The highest BCUT2D eigenvalue weighted by Gasteiger charge is 2.46. The fraction of sp³-hybridized carbons (Fsp3) is 0.231. The number of thiocarbonyl (C=S) groups is 1. The Kier molecular flexibility index (Phi) is 6.00. The molecule has 1 N–H and O–H groups in total. The van der Waals surface area contributed by atoms with Gasteiger partial charge in [0.15, 0.2) is 0 Å². The van der Waals surface area contributed by atoms with E-state index in [1.54, 1.807) is 0 Å².